The molecule has 1 atom stereocenters. The summed E-state index contributed by atoms with van der Waals surface area (Å²) in [5.41, 5.74) is 3.27. The number of aromatic nitrogens is 6. The molecule has 0 spiro atoms. The number of fused-ring (bicyclic) bond motifs is 2. The van der Waals surface area contributed by atoms with Gasteiger partial charge in [-0.3, -0.25) is 0 Å². The van der Waals surface area contributed by atoms with Crippen molar-refractivity contribution in [2.75, 3.05) is 5.32 Å². The molecule has 1 aromatic carbocycles. The van der Waals surface area contributed by atoms with Crippen LogP contribution >= 0.6 is 0 Å². The number of imidazole rings is 2. The lowest BCUT2D eigenvalue weighted by Crippen LogP contribution is -2.11. The lowest BCUT2D eigenvalue weighted by atomic mass is 10.2. The van der Waals surface area contributed by atoms with Crippen LogP contribution in [0.15, 0.2) is 49.6 Å². The number of benzene rings is 1. The molecule has 3 N–H and O–H groups in total. The third-order valence-electron chi connectivity index (χ3n) is 3.45. The Kier molecular flexibility index (Phi) is 2.82. The molecule has 7 nitrogen and oxygen atoms in total. The van der Waals surface area contributed by atoms with Crippen molar-refractivity contribution in [1.82, 2.24) is 29.9 Å². The Morgan fingerprint density at radius 2 is 2.09 bits per heavy atom. The molecule has 0 saturated carbocycles. The molecule has 3 heterocycles. The Morgan fingerprint density at radius 3 is 2.95 bits per heavy atom. The van der Waals surface area contributed by atoms with Crippen molar-refractivity contribution in [1.29, 1.82) is 0 Å². The standard InChI is InChI=1S/C15H13N7/c1-2-9(13-21-10-5-3-4-6-11(10)22-13)20-15-12-14(17-7-16-12)18-8-19-15/h2-9H,1H2,(H,21,22)(H2,16,17,18,19,20)/t9-/m0/s1. The highest BCUT2D eigenvalue weighted by Gasteiger charge is 2.15. The number of nitrogens with zero attached hydrogens (tertiary/aromatic N) is 4. The molecule has 0 unspecified atom stereocenters. The summed E-state index contributed by atoms with van der Waals surface area (Å²) in [4.78, 5) is 23.4. The van der Waals surface area contributed by atoms with Crippen LogP contribution in [0, 0.1) is 0 Å². The highest BCUT2D eigenvalue weighted by atomic mass is 15.1. The summed E-state index contributed by atoms with van der Waals surface area (Å²) in [5.74, 6) is 1.44. The molecular formula is C15H13N7. The van der Waals surface area contributed by atoms with Crippen molar-refractivity contribution in [2.24, 2.45) is 0 Å². The molecule has 0 radical (unpaired) electrons. The van der Waals surface area contributed by atoms with Crippen LogP contribution in [0.5, 0.6) is 0 Å². The average molecular weight is 291 g/mol. The summed E-state index contributed by atoms with van der Waals surface area (Å²) in [6.45, 7) is 3.88. The minimum Gasteiger partial charge on any atom is -0.355 e. The van der Waals surface area contributed by atoms with Crippen molar-refractivity contribution in [3.63, 3.8) is 0 Å². The number of aromatic amines is 2. The maximum Gasteiger partial charge on any atom is 0.182 e. The van der Waals surface area contributed by atoms with Crippen LogP contribution in [0.2, 0.25) is 0 Å². The van der Waals surface area contributed by atoms with E-state index >= 15 is 0 Å². The van der Waals surface area contributed by atoms with Crippen LogP contribution in [-0.4, -0.2) is 29.9 Å². The van der Waals surface area contributed by atoms with Gasteiger partial charge < -0.3 is 15.3 Å². The van der Waals surface area contributed by atoms with Gasteiger partial charge in [0, 0.05) is 0 Å². The predicted molar refractivity (Wildman–Crippen MR) is 84.3 cm³/mol. The average Bonchev–Trinajstić information content (AvgIpc) is 3.18. The number of nitrogens with one attached hydrogen (secondary N) is 3. The van der Waals surface area contributed by atoms with Crippen molar-refractivity contribution >= 4 is 28.0 Å². The molecule has 108 valence electrons. The summed E-state index contributed by atoms with van der Waals surface area (Å²) in [7, 11) is 0. The Hall–Kier alpha value is -3.22. The molecular weight excluding hydrogens is 278 g/mol. The molecule has 0 saturated heterocycles. The first-order valence-corrected chi connectivity index (χ1v) is 6.83. The van der Waals surface area contributed by atoms with E-state index in [1.807, 2.05) is 24.3 Å². The molecule has 0 fully saturated rings. The molecule has 0 aliphatic carbocycles. The Labute approximate surface area is 125 Å². The topological polar surface area (TPSA) is 95.2 Å². The second-order valence-corrected chi connectivity index (χ2v) is 4.82. The lowest BCUT2D eigenvalue weighted by molar-refractivity contribution is 0.886. The first kappa shape index (κ1) is 12.5. The number of para-hydroxylation sites is 2. The normalized spacial score (nSPS) is 12.5. The maximum absolute atomic E-state index is 4.59. The summed E-state index contributed by atoms with van der Waals surface area (Å²) in [5, 5.41) is 3.30. The molecule has 22 heavy (non-hydrogen) atoms. The zero-order chi connectivity index (χ0) is 14.9. The van der Waals surface area contributed by atoms with Crippen molar-refractivity contribution < 1.29 is 0 Å². The maximum atomic E-state index is 4.59. The van der Waals surface area contributed by atoms with E-state index in [0.29, 0.717) is 11.5 Å². The van der Waals surface area contributed by atoms with Gasteiger partial charge in [-0.25, -0.2) is 19.9 Å². The summed E-state index contributed by atoms with van der Waals surface area (Å²) < 4.78 is 0. The van der Waals surface area contributed by atoms with E-state index in [0.717, 1.165) is 22.4 Å². The van der Waals surface area contributed by atoms with Gasteiger partial charge in [0.2, 0.25) is 0 Å². The van der Waals surface area contributed by atoms with E-state index in [-0.39, 0.29) is 6.04 Å². The monoisotopic (exact) mass is 291 g/mol. The largest absolute Gasteiger partial charge is 0.355 e. The molecule has 3 aromatic heterocycles. The molecule has 0 bridgehead atoms. The fourth-order valence-corrected chi connectivity index (χ4v) is 2.38. The van der Waals surface area contributed by atoms with Crippen LogP contribution in [0.25, 0.3) is 22.2 Å². The minimum absolute atomic E-state index is 0.200. The fraction of sp³-hybridized carbons (Fsp3) is 0.0667. The van der Waals surface area contributed by atoms with Gasteiger partial charge in [-0.1, -0.05) is 18.2 Å². The smallest absolute Gasteiger partial charge is 0.182 e. The summed E-state index contributed by atoms with van der Waals surface area (Å²) in [6, 6.07) is 7.69. The van der Waals surface area contributed by atoms with Gasteiger partial charge in [-0.15, -0.1) is 6.58 Å². The van der Waals surface area contributed by atoms with Gasteiger partial charge in [0.15, 0.2) is 11.5 Å². The molecule has 4 aromatic rings. The van der Waals surface area contributed by atoms with Gasteiger partial charge in [-0.2, -0.15) is 0 Å². The molecule has 0 aliphatic heterocycles. The highest BCUT2D eigenvalue weighted by molar-refractivity contribution is 5.82. The number of rotatable bonds is 4. The van der Waals surface area contributed by atoms with Crippen LogP contribution in [0.3, 0.4) is 0 Å². The van der Waals surface area contributed by atoms with Crippen LogP contribution in [0.1, 0.15) is 11.9 Å². The highest BCUT2D eigenvalue weighted by Crippen LogP contribution is 2.23. The lowest BCUT2D eigenvalue weighted by Gasteiger charge is -2.13. The van der Waals surface area contributed by atoms with Gasteiger partial charge in [-0.05, 0) is 12.1 Å². The van der Waals surface area contributed by atoms with Crippen molar-refractivity contribution in [3.05, 3.63) is 55.4 Å². The van der Waals surface area contributed by atoms with Crippen LogP contribution in [0.4, 0.5) is 5.82 Å². The molecule has 7 heteroatoms. The van der Waals surface area contributed by atoms with Crippen LogP contribution < -0.4 is 5.32 Å². The van der Waals surface area contributed by atoms with E-state index in [1.165, 1.54) is 6.33 Å². The fourth-order valence-electron chi connectivity index (χ4n) is 2.38. The Morgan fingerprint density at radius 1 is 1.18 bits per heavy atom. The number of hydrogen-bond acceptors (Lipinski definition) is 5. The third-order valence-corrected chi connectivity index (χ3v) is 3.45. The van der Waals surface area contributed by atoms with Gasteiger partial charge in [0.05, 0.1) is 17.4 Å². The van der Waals surface area contributed by atoms with E-state index in [4.69, 9.17) is 0 Å². The van der Waals surface area contributed by atoms with Gasteiger partial charge in [0.25, 0.3) is 0 Å². The number of hydrogen-bond donors (Lipinski definition) is 3. The molecule has 0 amide bonds. The SMILES string of the molecule is C=C[C@H](Nc1ncnc2nc[nH]c12)c1nc2ccccc2[nH]1. The quantitative estimate of drug-likeness (QED) is 0.502. The first-order valence-electron chi connectivity index (χ1n) is 6.83. The minimum atomic E-state index is -0.200. The zero-order valence-corrected chi connectivity index (χ0v) is 11.6. The van der Waals surface area contributed by atoms with Gasteiger partial charge in [0.1, 0.15) is 23.7 Å². The molecule has 4 rings (SSSR count). The van der Waals surface area contributed by atoms with E-state index in [1.54, 1.807) is 12.4 Å². The van der Waals surface area contributed by atoms with Crippen molar-refractivity contribution in [3.8, 4) is 0 Å². The second kappa shape index (κ2) is 4.96. The Bertz CT molecular complexity index is 920. The number of anilines is 1. The second-order valence-electron chi connectivity index (χ2n) is 4.82. The zero-order valence-electron chi connectivity index (χ0n) is 11.6. The van der Waals surface area contributed by atoms with E-state index in [2.05, 4.69) is 41.8 Å². The van der Waals surface area contributed by atoms with Gasteiger partial charge >= 0.3 is 0 Å². The predicted octanol–water partition coefficient (Wildman–Crippen LogP) is 2.57. The summed E-state index contributed by atoms with van der Waals surface area (Å²) >= 11 is 0. The number of H-pyrrole nitrogens is 2. The first-order chi connectivity index (χ1) is 10.8. The molecule has 0 aliphatic rings. The van der Waals surface area contributed by atoms with E-state index in [9.17, 15) is 0 Å². The Balaban J connectivity index is 1.73. The van der Waals surface area contributed by atoms with E-state index < -0.39 is 0 Å². The summed E-state index contributed by atoms with van der Waals surface area (Å²) in [6.07, 6.45) is 4.85. The third kappa shape index (κ3) is 1.99. The van der Waals surface area contributed by atoms with Crippen LogP contribution in [-0.2, 0) is 0 Å². The van der Waals surface area contributed by atoms with Crippen molar-refractivity contribution in [2.45, 2.75) is 6.04 Å².